The summed E-state index contributed by atoms with van der Waals surface area (Å²) in [5.74, 6) is -0.767. The summed E-state index contributed by atoms with van der Waals surface area (Å²) in [7, 11) is 1.35. The molecule has 0 spiro atoms. The lowest BCUT2D eigenvalue weighted by Gasteiger charge is -2.34. The van der Waals surface area contributed by atoms with Gasteiger partial charge >= 0.3 is 5.97 Å². The Morgan fingerprint density at radius 3 is 2.62 bits per heavy atom. The summed E-state index contributed by atoms with van der Waals surface area (Å²) in [4.78, 5) is 43.3. The molecule has 1 saturated carbocycles. The summed E-state index contributed by atoms with van der Waals surface area (Å²) in [6.45, 7) is 5.46. The van der Waals surface area contributed by atoms with Gasteiger partial charge in [0.25, 0.3) is 5.91 Å². The molecule has 1 aliphatic heterocycles. The number of hydrogen-bond acceptors (Lipinski definition) is 7. The first-order valence-corrected chi connectivity index (χ1v) is 11.5. The highest BCUT2D eigenvalue weighted by Gasteiger charge is 2.51. The molecular formula is C24H30ClN5O4. The monoisotopic (exact) mass is 487 g/mol. The van der Waals surface area contributed by atoms with E-state index in [0.717, 1.165) is 37.8 Å². The van der Waals surface area contributed by atoms with Crippen LogP contribution in [0.2, 0.25) is 5.02 Å². The van der Waals surface area contributed by atoms with Crippen molar-refractivity contribution >= 4 is 41.3 Å². The lowest BCUT2D eigenvalue weighted by atomic mass is 9.95. The molecule has 182 valence electrons. The Kier molecular flexibility index (Phi) is 8.33. The van der Waals surface area contributed by atoms with E-state index >= 15 is 0 Å². The molecule has 2 fully saturated rings. The Hall–Kier alpha value is -3.33. The van der Waals surface area contributed by atoms with E-state index in [1.165, 1.54) is 19.5 Å². The molecule has 34 heavy (non-hydrogen) atoms. The van der Waals surface area contributed by atoms with Crippen molar-refractivity contribution in [1.82, 2.24) is 10.6 Å². The van der Waals surface area contributed by atoms with Crippen molar-refractivity contribution in [2.45, 2.75) is 31.2 Å². The smallest absolute Gasteiger partial charge is 0.340 e. The van der Waals surface area contributed by atoms with E-state index in [4.69, 9.17) is 22.1 Å². The second-order valence-corrected chi connectivity index (χ2v) is 8.85. The van der Waals surface area contributed by atoms with Crippen molar-refractivity contribution in [2.75, 3.05) is 31.6 Å². The Bertz CT molecular complexity index is 1010. The van der Waals surface area contributed by atoms with E-state index in [9.17, 15) is 14.4 Å². The summed E-state index contributed by atoms with van der Waals surface area (Å²) in [5, 5.41) is 6.26. The van der Waals surface area contributed by atoms with Gasteiger partial charge in [0.15, 0.2) is 0 Å². The van der Waals surface area contributed by atoms with Crippen LogP contribution in [-0.4, -0.2) is 56.3 Å². The number of halogens is 1. The van der Waals surface area contributed by atoms with Crippen molar-refractivity contribution in [3.63, 3.8) is 0 Å². The summed E-state index contributed by atoms with van der Waals surface area (Å²) < 4.78 is 4.89. The van der Waals surface area contributed by atoms with Crippen LogP contribution in [0.4, 0.5) is 5.69 Å². The number of nitrogens with zero attached hydrogens (tertiary/aromatic N) is 2. The quantitative estimate of drug-likeness (QED) is 0.278. The second-order valence-electron chi connectivity index (χ2n) is 8.41. The number of anilines is 1. The molecule has 10 heteroatoms. The van der Waals surface area contributed by atoms with Gasteiger partial charge in [0.05, 0.1) is 23.9 Å². The number of piperidine rings is 1. The molecule has 2 amide bonds. The van der Waals surface area contributed by atoms with Gasteiger partial charge in [0.2, 0.25) is 5.91 Å². The largest absolute Gasteiger partial charge is 0.465 e. The van der Waals surface area contributed by atoms with E-state index < -0.39 is 17.4 Å². The van der Waals surface area contributed by atoms with Gasteiger partial charge in [0.1, 0.15) is 5.54 Å². The number of carbonyl (C=O) groups excluding carboxylic acids is 3. The number of nitrogens with one attached hydrogen (secondary N) is 2. The van der Waals surface area contributed by atoms with Gasteiger partial charge in [-0.05, 0) is 49.8 Å². The minimum Gasteiger partial charge on any atom is -0.465 e. The van der Waals surface area contributed by atoms with Gasteiger partial charge in [-0.3, -0.25) is 14.6 Å². The van der Waals surface area contributed by atoms with Gasteiger partial charge < -0.3 is 26.0 Å². The number of nitrogens with two attached hydrogens (primary N) is 1. The molecule has 1 aromatic rings. The molecule has 0 atom stereocenters. The molecule has 3 rings (SSSR count). The van der Waals surface area contributed by atoms with Gasteiger partial charge in [-0.2, -0.15) is 0 Å². The van der Waals surface area contributed by atoms with Gasteiger partial charge in [-0.25, -0.2) is 4.79 Å². The first-order valence-electron chi connectivity index (χ1n) is 11.1. The average Bonchev–Trinajstić information content (AvgIpc) is 3.63. The van der Waals surface area contributed by atoms with Crippen LogP contribution in [0.3, 0.4) is 0 Å². The predicted octanol–water partition coefficient (Wildman–Crippen LogP) is 2.16. The molecule has 1 aliphatic carbocycles. The Morgan fingerprint density at radius 2 is 2.03 bits per heavy atom. The van der Waals surface area contributed by atoms with E-state index in [1.807, 2.05) is 6.07 Å². The molecule has 0 radical (unpaired) electrons. The highest BCUT2D eigenvalue weighted by atomic mass is 35.5. The average molecular weight is 488 g/mol. The molecule has 0 aromatic heterocycles. The number of hydrogen-bond donors (Lipinski definition) is 3. The number of rotatable bonds is 9. The third-order valence-corrected chi connectivity index (χ3v) is 6.40. The first-order chi connectivity index (χ1) is 16.3. The Balaban J connectivity index is 1.52. The van der Waals surface area contributed by atoms with Crippen molar-refractivity contribution in [3.05, 3.63) is 53.3 Å². The van der Waals surface area contributed by atoms with E-state index in [1.54, 1.807) is 12.1 Å². The van der Waals surface area contributed by atoms with Crippen LogP contribution in [0.15, 0.2) is 47.7 Å². The molecular weight excluding hydrogens is 458 g/mol. The molecule has 1 saturated heterocycles. The molecule has 9 nitrogen and oxygen atoms in total. The van der Waals surface area contributed by atoms with Gasteiger partial charge in [0, 0.05) is 43.3 Å². The van der Waals surface area contributed by atoms with Gasteiger partial charge in [-0.1, -0.05) is 18.2 Å². The van der Waals surface area contributed by atoms with Crippen molar-refractivity contribution < 1.29 is 19.1 Å². The van der Waals surface area contributed by atoms with Gasteiger partial charge in [-0.15, -0.1) is 0 Å². The number of benzene rings is 1. The van der Waals surface area contributed by atoms with Crippen LogP contribution in [0.25, 0.3) is 0 Å². The number of aliphatic imine (C=N–C) groups is 1. The minimum absolute atomic E-state index is 0.167. The maximum absolute atomic E-state index is 12.8. The molecule has 1 heterocycles. The Labute approximate surface area is 204 Å². The molecule has 0 bridgehead atoms. The fourth-order valence-corrected chi connectivity index (χ4v) is 4.15. The fourth-order valence-electron chi connectivity index (χ4n) is 3.98. The number of esters is 1. The lowest BCUT2D eigenvalue weighted by molar-refractivity contribution is -0.128. The zero-order valence-corrected chi connectivity index (χ0v) is 19.9. The zero-order valence-electron chi connectivity index (χ0n) is 19.2. The second kappa shape index (κ2) is 11.2. The zero-order chi connectivity index (χ0) is 24.7. The van der Waals surface area contributed by atoms with Crippen molar-refractivity contribution in [1.29, 1.82) is 0 Å². The summed E-state index contributed by atoms with van der Waals surface area (Å²) >= 11 is 6.06. The van der Waals surface area contributed by atoms with E-state index in [2.05, 4.69) is 27.1 Å². The van der Waals surface area contributed by atoms with E-state index in [-0.39, 0.29) is 11.5 Å². The normalized spacial score (nSPS) is 17.8. The highest BCUT2D eigenvalue weighted by Crippen LogP contribution is 2.36. The van der Waals surface area contributed by atoms with Crippen LogP contribution in [0.1, 0.15) is 36.0 Å². The Morgan fingerprint density at radius 1 is 1.32 bits per heavy atom. The third kappa shape index (κ3) is 5.96. The standard InChI is InChI=1S/C24H30ClN5O4/c1-3-27-15-17(13-26)21(31)29-24(8-9-24)23(33)28-14-16-6-10-30(11-7-16)20-5-4-18(25)12-19(20)22(32)34-2/h3-5,12-13,15-16H,1,6-11,14,26H2,2H3,(H,28,33)(H,29,31)/b17-13+,27-15?. The number of ether oxygens (including phenoxy) is 1. The number of carbonyl (C=O) groups is 3. The summed E-state index contributed by atoms with van der Waals surface area (Å²) in [5.41, 5.74) is 6.00. The van der Waals surface area contributed by atoms with Crippen molar-refractivity contribution in [2.24, 2.45) is 16.6 Å². The lowest BCUT2D eigenvalue weighted by Crippen LogP contribution is -2.51. The third-order valence-electron chi connectivity index (χ3n) is 6.17. The molecule has 0 unspecified atom stereocenters. The number of methoxy groups -OCH3 is 1. The van der Waals surface area contributed by atoms with Crippen LogP contribution in [0.5, 0.6) is 0 Å². The van der Waals surface area contributed by atoms with Crippen LogP contribution >= 0.6 is 11.6 Å². The van der Waals surface area contributed by atoms with E-state index in [0.29, 0.717) is 35.9 Å². The predicted molar refractivity (Wildman–Crippen MR) is 132 cm³/mol. The minimum atomic E-state index is -0.896. The first kappa shape index (κ1) is 25.3. The number of amides is 2. The summed E-state index contributed by atoms with van der Waals surface area (Å²) in [6, 6.07) is 5.21. The van der Waals surface area contributed by atoms with Crippen molar-refractivity contribution in [3.8, 4) is 0 Å². The topological polar surface area (TPSA) is 126 Å². The molecule has 2 aliphatic rings. The van der Waals surface area contributed by atoms with Crippen LogP contribution < -0.4 is 21.3 Å². The fraction of sp³-hybridized carbons (Fsp3) is 0.417. The van der Waals surface area contributed by atoms with Crippen LogP contribution in [0, 0.1) is 5.92 Å². The van der Waals surface area contributed by atoms with Crippen LogP contribution in [-0.2, 0) is 14.3 Å². The maximum atomic E-state index is 12.8. The SMILES string of the molecule is C=CN=C/C(=C\N)C(=O)NC1(C(=O)NCC2CCN(c3ccc(Cl)cc3C(=O)OC)CC2)CC1. The highest BCUT2D eigenvalue weighted by molar-refractivity contribution is 6.31. The molecule has 1 aromatic carbocycles. The summed E-state index contributed by atoms with van der Waals surface area (Å²) in [6.07, 6.45) is 6.60. The molecule has 4 N–H and O–H groups in total. The maximum Gasteiger partial charge on any atom is 0.340 e.